The van der Waals surface area contributed by atoms with Crippen LogP contribution in [-0.2, 0) is 21.9 Å². The number of likely N-dealkylation sites (N-methyl/N-ethyl adjacent to an activating group) is 1. The van der Waals surface area contributed by atoms with Gasteiger partial charge in [-0.2, -0.15) is 26.3 Å². The molecule has 0 unspecified atom stereocenters. The molecule has 240 valence electrons. The molecule has 2 aliphatic rings. The molecule has 4 amide bonds. The predicted octanol–water partition coefficient (Wildman–Crippen LogP) is 6.77. The lowest BCUT2D eigenvalue weighted by atomic mass is 9.93. The molecule has 2 aliphatic heterocycles. The number of benzene rings is 2. The molecule has 2 fully saturated rings. The number of carbonyl (C=O) groups excluding carboxylic acids is 3. The maximum absolute atomic E-state index is 13.6. The molecule has 4 rings (SSSR count). The van der Waals surface area contributed by atoms with Crippen LogP contribution in [0.25, 0.3) is 0 Å². The second-order valence-corrected chi connectivity index (χ2v) is 11.9. The number of amides is 4. The Bertz CT molecular complexity index is 1400. The molecule has 2 saturated heterocycles. The van der Waals surface area contributed by atoms with E-state index in [-0.39, 0.29) is 46.9 Å². The molecule has 0 bridgehead atoms. The number of hydrogen-bond donors (Lipinski definition) is 0. The molecule has 0 saturated carbocycles. The normalized spacial score (nSPS) is 19.7. The first-order valence-electron chi connectivity index (χ1n) is 13.7. The highest BCUT2D eigenvalue weighted by Crippen LogP contribution is 2.40. The molecule has 15 heteroatoms. The van der Waals surface area contributed by atoms with Gasteiger partial charge in [0.25, 0.3) is 0 Å². The summed E-state index contributed by atoms with van der Waals surface area (Å²) in [5.74, 6) is -1.10. The molecule has 0 aliphatic carbocycles. The van der Waals surface area contributed by atoms with Crippen LogP contribution in [0, 0.1) is 5.92 Å². The maximum Gasteiger partial charge on any atom is 0.416 e. The fourth-order valence-electron chi connectivity index (χ4n) is 5.75. The Balaban J connectivity index is 1.63. The summed E-state index contributed by atoms with van der Waals surface area (Å²) < 4.78 is 80.9. The number of likely N-dealkylation sites (tertiary alicyclic amines) is 2. The Morgan fingerprint density at radius 1 is 0.818 bits per heavy atom. The maximum atomic E-state index is 13.6. The summed E-state index contributed by atoms with van der Waals surface area (Å²) in [5.41, 5.74) is -3.05. The van der Waals surface area contributed by atoms with E-state index in [1.54, 1.807) is 28.0 Å². The lowest BCUT2D eigenvalue weighted by molar-refractivity contribution is -0.143. The molecule has 2 aromatic rings. The zero-order valence-corrected chi connectivity index (χ0v) is 25.5. The number of anilines is 1. The van der Waals surface area contributed by atoms with Crippen molar-refractivity contribution < 1.29 is 40.7 Å². The Morgan fingerprint density at radius 3 is 1.89 bits per heavy atom. The first kappa shape index (κ1) is 33.7. The second kappa shape index (κ2) is 12.7. The van der Waals surface area contributed by atoms with E-state index in [0.29, 0.717) is 43.6 Å². The SMILES string of the molecule is CC(=O)N1CCC(C(=O)N2C[C@H](c3ccc(Cl)c(Cl)c3)[C@@H](N(C)C(=O)N(C)c3cc(C(F)(F)F)cc(C(F)(F)F)c3)C2)CC1. The van der Waals surface area contributed by atoms with Gasteiger partial charge >= 0.3 is 18.4 Å². The zero-order valence-electron chi connectivity index (χ0n) is 24.0. The molecule has 2 aromatic carbocycles. The van der Waals surface area contributed by atoms with Gasteiger partial charge in [-0.15, -0.1) is 0 Å². The average molecular weight is 667 g/mol. The van der Waals surface area contributed by atoms with Crippen LogP contribution in [0.2, 0.25) is 10.0 Å². The highest BCUT2D eigenvalue weighted by atomic mass is 35.5. The number of halogens is 8. The van der Waals surface area contributed by atoms with Crippen LogP contribution in [0.3, 0.4) is 0 Å². The van der Waals surface area contributed by atoms with Gasteiger partial charge in [0, 0.05) is 64.7 Å². The van der Waals surface area contributed by atoms with E-state index in [9.17, 15) is 40.7 Å². The Kier molecular flexibility index (Phi) is 9.70. The lowest BCUT2D eigenvalue weighted by Crippen LogP contribution is -2.48. The van der Waals surface area contributed by atoms with E-state index in [0.717, 1.165) is 11.9 Å². The van der Waals surface area contributed by atoms with Crippen molar-refractivity contribution in [3.8, 4) is 0 Å². The number of piperidine rings is 1. The minimum atomic E-state index is -5.09. The van der Waals surface area contributed by atoms with Gasteiger partial charge in [0.2, 0.25) is 11.8 Å². The lowest BCUT2D eigenvalue weighted by Gasteiger charge is -2.34. The van der Waals surface area contributed by atoms with E-state index in [1.807, 2.05) is 0 Å². The highest BCUT2D eigenvalue weighted by molar-refractivity contribution is 6.42. The number of alkyl halides is 6. The fraction of sp³-hybridized carbons (Fsp3) is 0.483. The van der Waals surface area contributed by atoms with E-state index in [1.165, 1.54) is 18.9 Å². The summed E-state index contributed by atoms with van der Waals surface area (Å²) in [6, 6.07) is 4.22. The van der Waals surface area contributed by atoms with Crippen LogP contribution in [-0.4, -0.2) is 78.9 Å². The average Bonchev–Trinajstić information content (AvgIpc) is 3.41. The van der Waals surface area contributed by atoms with Gasteiger partial charge in [-0.3, -0.25) is 14.5 Å². The number of nitrogens with zero attached hydrogens (tertiary/aromatic N) is 4. The smallest absolute Gasteiger partial charge is 0.343 e. The fourth-order valence-corrected chi connectivity index (χ4v) is 6.06. The largest absolute Gasteiger partial charge is 0.416 e. The molecule has 0 spiro atoms. The van der Waals surface area contributed by atoms with Crippen LogP contribution >= 0.6 is 23.2 Å². The molecule has 7 nitrogen and oxygen atoms in total. The van der Waals surface area contributed by atoms with E-state index >= 15 is 0 Å². The molecule has 2 atom stereocenters. The third-order valence-electron chi connectivity index (χ3n) is 8.31. The molecular weight excluding hydrogens is 637 g/mol. The number of urea groups is 1. The molecule has 2 heterocycles. The van der Waals surface area contributed by atoms with Gasteiger partial charge in [0.05, 0.1) is 27.2 Å². The third-order valence-corrected chi connectivity index (χ3v) is 9.05. The second-order valence-electron chi connectivity index (χ2n) is 11.1. The van der Waals surface area contributed by atoms with Crippen molar-refractivity contribution in [3.63, 3.8) is 0 Å². The van der Waals surface area contributed by atoms with Crippen LogP contribution in [0.5, 0.6) is 0 Å². The van der Waals surface area contributed by atoms with Crippen LogP contribution in [0.15, 0.2) is 36.4 Å². The Morgan fingerprint density at radius 2 is 1.39 bits per heavy atom. The van der Waals surface area contributed by atoms with Gasteiger partial charge in [-0.05, 0) is 48.7 Å². The van der Waals surface area contributed by atoms with Crippen LogP contribution < -0.4 is 4.90 Å². The van der Waals surface area contributed by atoms with Crippen molar-refractivity contribution in [1.29, 1.82) is 0 Å². The summed E-state index contributed by atoms with van der Waals surface area (Å²) in [4.78, 5) is 44.1. The zero-order chi connectivity index (χ0) is 32.7. The number of hydrogen-bond acceptors (Lipinski definition) is 3. The van der Waals surface area contributed by atoms with E-state index in [2.05, 4.69) is 0 Å². The van der Waals surface area contributed by atoms with Gasteiger partial charge in [-0.25, -0.2) is 4.79 Å². The minimum absolute atomic E-state index is 0.00675. The Hall–Kier alpha value is -3.19. The molecular formula is C29H30Cl2F6N4O3. The van der Waals surface area contributed by atoms with Gasteiger partial charge in [0.15, 0.2) is 0 Å². The third kappa shape index (κ3) is 7.20. The van der Waals surface area contributed by atoms with Crippen molar-refractivity contribution >= 4 is 46.7 Å². The van der Waals surface area contributed by atoms with Crippen molar-refractivity contribution in [2.45, 2.75) is 44.1 Å². The monoisotopic (exact) mass is 666 g/mol. The summed E-state index contributed by atoms with van der Waals surface area (Å²) >= 11 is 12.4. The van der Waals surface area contributed by atoms with Crippen molar-refractivity contribution in [3.05, 3.63) is 63.1 Å². The Labute approximate surface area is 260 Å². The number of rotatable bonds is 4. The standard InChI is InChI=1S/C29H30Cl2F6N4O3/c1-16(42)40-8-6-17(7-9-40)26(43)41-14-22(18-4-5-23(30)24(31)10-18)25(15-41)39(3)27(44)38(2)21-12-19(28(32,33)34)11-20(13-21)29(35,36)37/h4-5,10-13,17,22,25H,6-9,14-15H2,1-3H3/t22-,25+/m1/s1. The summed E-state index contributed by atoms with van der Waals surface area (Å²) in [6.45, 7) is 2.56. The van der Waals surface area contributed by atoms with Crippen molar-refractivity contribution in [1.82, 2.24) is 14.7 Å². The topological polar surface area (TPSA) is 64.2 Å². The summed E-state index contributed by atoms with van der Waals surface area (Å²) in [5, 5.41) is 0.517. The summed E-state index contributed by atoms with van der Waals surface area (Å²) in [6.07, 6.45) is -9.24. The molecule has 44 heavy (non-hydrogen) atoms. The van der Waals surface area contributed by atoms with Crippen LogP contribution in [0.1, 0.15) is 42.4 Å². The van der Waals surface area contributed by atoms with Gasteiger partial charge in [-0.1, -0.05) is 29.3 Å². The minimum Gasteiger partial charge on any atom is -0.343 e. The van der Waals surface area contributed by atoms with Gasteiger partial charge < -0.3 is 14.7 Å². The molecule has 0 radical (unpaired) electrons. The predicted molar refractivity (Wildman–Crippen MR) is 153 cm³/mol. The quantitative estimate of drug-likeness (QED) is 0.338. The highest BCUT2D eigenvalue weighted by Gasteiger charge is 2.43. The van der Waals surface area contributed by atoms with Crippen LogP contribution in [0.4, 0.5) is 36.8 Å². The van der Waals surface area contributed by atoms with Crippen molar-refractivity contribution in [2.24, 2.45) is 5.92 Å². The van der Waals surface area contributed by atoms with Crippen molar-refractivity contribution in [2.75, 3.05) is 45.2 Å². The van der Waals surface area contributed by atoms with E-state index in [4.69, 9.17) is 23.2 Å². The van der Waals surface area contributed by atoms with Gasteiger partial charge in [0.1, 0.15) is 0 Å². The molecule has 0 aromatic heterocycles. The van der Waals surface area contributed by atoms with E-state index < -0.39 is 47.2 Å². The summed E-state index contributed by atoms with van der Waals surface area (Å²) in [7, 11) is 2.47. The first-order valence-corrected chi connectivity index (χ1v) is 14.4. The molecule has 0 N–H and O–H groups in total. The first-order chi connectivity index (χ1) is 20.4. The number of carbonyl (C=O) groups is 3.